The normalized spacial score (nSPS) is 16.3. The van der Waals surface area contributed by atoms with Crippen LogP contribution in [0.2, 0.25) is 0 Å². The predicted octanol–water partition coefficient (Wildman–Crippen LogP) is 1.74. The molecule has 0 N–H and O–H groups in total. The van der Waals surface area contributed by atoms with Crippen LogP contribution < -0.4 is 5.01 Å². The molecular formula is C8H7N3OS. The number of anilines is 1. The standard InChI is InChI=1S/C8H7N3OS/c12-8-11(10-5-6-13-8)7-1-3-9-4-2-7/h1-5H,6H2. The van der Waals surface area contributed by atoms with Gasteiger partial charge in [-0.15, -0.1) is 0 Å². The lowest BCUT2D eigenvalue weighted by molar-refractivity contribution is 0.265. The number of thioether (sulfide) groups is 1. The molecule has 5 heteroatoms. The average Bonchev–Trinajstić information content (AvgIpc) is 2.20. The van der Waals surface area contributed by atoms with E-state index in [-0.39, 0.29) is 5.24 Å². The summed E-state index contributed by atoms with van der Waals surface area (Å²) >= 11 is 1.24. The number of pyridine rings is 1. The van der Waals surface area contributed by atoms with Crippen LogP contribution in [0, 0.1) is 0 Å². The largest absolute Gasteiger partial charge is 0.306 e. The molecule has 0 bridgehead atoms. The molecule has 0 spiro atoms. The van der Waals surface area contributed by atoms with Crippen molar-refractivity contribution < 1.29 is 4.79 Å². The molecule has 0 saturated heterocycles. The lowest BCUT2D eigenvalue weighted by Gasteiger charge is -2.18. The Balaban J connectivity index is 2.30. The van der Waals surface area contributed by atoms with Crippen molar-refractivity contribution in [2.24, 2.45) is 5.10 Å². The highest BCUT2D eigenvalue weighted by atomic mass is 32.2. The van der Waals surface area contributed by atoms with Crippen LogP contribution in [0.3, 0.4) is 0 Å². The van der Waals surface area contributed by atoms with E-state index in [1.54, 1.807) is 30.7 Å². The quantitative estimate of drug-likeness (QED) is 0.682. The maximum Gasteiger partial charge on any atom is 0.306 e. The molecule has 4 nitrogen and oxygen atoms in total. The second kappa shape index (κ2) is 3.57. The molecule has 2 heterocycles. The van der Waals surface area contributed by atoms with Crippen LogP contribution in [0.1, 0.15) is 0 Å². The topological polar surface area (TPSA) is 45.6 Å². The highest BCUT2D eigenvalue weighted by Crippen LogP contribution is 2.20. The Morgan fingerprint density at radius 2 is 2.15 bits per heavy atom. The van der Waals surface area contributed by atoms with Crippen molar-refractivity contribution in [1.29, 1.82) is 0 Å². The van der Waals surface area contributed by atoms with Crippen molar-refractivity contribution in [3.8, 4) is 0 Å². The average molecular weight is 193 g/mol. The third-order valence-electron chi connectivity index (χ3n) is 1.56. The number of aromatic nitrogens is 1. The predicted molar refractivity (Wildman–Crippen MR) is 53.1 cm³/mol. The number of carbonyl (C=O) groups is 1. The van der Waals surface area contributed by atoms with E-state index in [0.717, 1.165) is 5.69 Å². The van der Waals surface area contributed by atoms with E-state index >= 15 is 0 Å². The van der Waals surface area contributed by atoms with Gasteiger partial charge in [0.15, 0.2) is 0 Å². The van der Waals surface area contributed by atoms with Gasteiger partial charge >= 0.3 is 5.24 Å². The maximum atomic E-state index is 11.3. The Morgan fingerprint density at radius 1 is 1.38 bits per heavy atom. The van der Waals surface area contributed by atoms with Crippen LogP contribution in [0.25, 0.3) is 0 Å². The summed E-state index contributed by atoms with van der Waals surface area (Å²) in [5.74, 6) is 0.653. The maximum absolute atomic E-state index is 11.3. The van der Waals surface area contributed by atoms with Crippen molar-refractivity contribution in [2.45, 2.75) is 0 Å². The van der Waals surface area contributed by atoms with Crippen molar-refractivity contribution in [3.63, 3.8) is 0 Å². The number of rotatable bonds is 1. The van der Waals surface area contributed by atoms with E-state index in [1.165, 1.54) is 16.8 Å². The minimum Gasteiger partial charge on any atom is -0.265 e. The van der Waals surface area contributed by atoms with Crippen molar-refractivity contribution >= 4 is 28.9 Å². The molecule has 0 radical (unpaired) electrons. The van der Waals surface area contributed by atoms with Gasteiger partial charge in [0.05, 0.1) is 5.69 Å². The zero-order valence-electron chi connectivity index (χ0n) is 6.75. The van der Waals surface area contributed by atoms with Gasteiger partial charge in [-0.05, 0) is 12.1 Å². The number of carbonyl (C=O) groups excluding carboxylic acids is 1. The summed E-state index contributed by atoms with van der Waals surface area (Å²) < 4.78 is 0. The van der Waals surface area contributed by atoms with Gasteiger partial charge in [0.25, 0.3) is 0 Å². The van der Waals surface area contributed by atoms with Crippen LogP contribution in [0.4, 0.5) is 10.5 Å². The van der Waals surface area contributed by atoms with Crippen LogP contribution in [-0.2, 0) is 0 Å². The SMILES string of the molecule is O=C1SCC=NN1c1ccncc1. The van der Waals surface area contributed by atoms with Gasteiger partial charge in [0.1, 0.15) is 0 Å². The Bertz CT molecular complexity index is 339. The minimum atomic E-state index is -0.0475. The molecule has 0 aliphatic carbocycles. The minimum absolute atomic E-state index is 0.0475. The molecule has 66 valence electrons. The fourth-order valence-electron chi connectivity index (χ4n) is 0.989. The summed E-state index contributed by atoms with van der Waals surface area (Å²) in [6.45, 7) is 0. The van der Waals surface area contributed by atoms with Crippen LogP contribution in [-0.4, -0.2) is 22.2 Å². The number of amides is 1. The first-order valence-electron chi connectivity index (χ1n) is 3.77. The van der Waals surface area contributed by atoms with Crippen LogP contribution in [0.15, 0.2) is 29.6 Å². The van der Waals surface area contributed by atoms with E-state index in [1.807, 2.05) is 0 Å². The molecule has 0 saturated carbocycles. The fraction of sp³-hybridized carbons (Fsp3) is 0.125. The second-order valence-electron chi connectivity index (χ2n) is 2.39. The van der Waals surface area contributed by atoms with Gasteiger partial charge in [-0.3, -0.25) is 9.78 Å². The fourth-order valence-corrected chi connectivity index (χ4v) is 1.55. The molecule has 1 aliphatic rings. The summed E-state index contributed by atoms with van der Waals surface area (Å²) in [6.07, 6.45) is 4.99. The first-order valence-corrected chi connectivity index (χ1v) is 4.76. The first kappa shape index (κ1) is 8.25. The molecule has 13 heavy (non-hydrogen) atoms. The van der Waals surface area contributed by atoms with Gasteiger partial charge < -0.3 is 0 Å². The highest BCUT2D eigenvalue weighted by Gasteiger charge is 2.17. The van der Waals surface area contributed by atoms with Gasteiger partial charge in [-0.2, -0.15) is 10.1 Å². The Morgan fingerprint density at radius 3 is 2.85 bits per heavy atom. The molecule has 1 amide bonds. The zero-order valence-corrected chi connectivity index (χ0v) is 7.57. The molecule has 0 aromatic carbocycles. The van der Waals surface area contributed by atoms with Gasteiger partial charge in [-0.25, -0.2) is 0 Å². The Labute approximate surface area is 79.6 Å². The monoisotopic (exact) mass is 193 g/mol. The van der Waals surface area contributed by atoms with E-state index in [0.29, 0.717) is 5.75 Å². The van der Waals surface area contributed by atoms with Crippen molar-refractivity contribution in [2.75, 3.05) is 10.8 Å². The van der Waals surface area contributed by atoms with Gasteiger partial charge in [-0.1, -0.05) is 11.8 Å². The van der Waals surface area contributed by atoms with E-state index in [9.17, 15) is 4.79 Å². The van der Waals surface area contributed by atoms with E-state index < -0.39 is 0 Å². The molecule has 2 rings (SSSR count). The summed E-state index contributed by atoms with van der Waals surface area (Å²) in [5, 5.41) is 5.31. The molecular weight excluding hydrogens is 186 g/mol. The lowest BCUT2D eigenvalue weighted by Crippen LogP contribution is -2.24. The van der Waals surface area contributed by atoms with Crippen LogP contribution in [0.5, 0.6) is 0 Å². The molecule has 0 fully saturated rings. The molecule has 1 aromatic rings. The summed E-state index contributed by atoms with van der Waals surface area (Å²) in [4.78, 5) is 15.2. The zero-order chi connectivity index (χ0) is 9.10. The summed E-state index contributed by atoms with van der Waals surface area (Å²) in [7, 11) is 0. The molecule has 1 aromatic heterocycles. The summed E-state index contributed by atoms with van der Waals surface area (Å²) in [5.41, 5.74) is 0.753. The summed E-state index contributed by atoms with van der Waals surface area (Å²) in [6, 6.07) is 3.50. The number of hydrogen-bond acceptors (Lipinski definition) is 4. The third kappa shape index (κ3) is 1.70. The molecule has 0 unspecified atom stereocenters. The smallest absolute Gasteiger partial charge is 0.265 e. The lowest BCUT2D eigenvalue weighted by atomic mass is 10.4. The molecule has 0 atom stereocenters. The number of hydrogen-bond donors (Lipinski definition) is 0. The van der Waals surface area contributed by atoms with Crippen molar-refractivity contribution in [1.82, 2.24) is 4.98 Å². The van der Waals surface area contributed by atoms with E-state index in [4.69, 9.17) is 0 Å². The van der Waals surface area contributed by atoms with Gasteiger partial charge in [0.2, 0.25) is 0 Å². The van der Waals surface area contributed by atoms with Crippen LogP contribution >= 0.6 is 11.8 Å². The Hall–Kier alpha value is -1.36. The van der Waals surface area contributed by atoms with Crippen molar-refractivity contribution in [3.05, 3.63) is 24.5 Å². The molecule has 1 aliphatic heterocycles. The third-order valence-corrected chi connectivity index (χ3v) is 2.29. The first-order chi connectivity index (χ1) is 6.38. The highest BCUT2D eigenvalue weighted by molar-refractivity contribution is 8.14. The number of nitrogens with zero attached hydrogens (tertiary/aromatic N) is 3. The number of hydrazone groups is 1. The second-order valence-corrected chi connectivity index (χ2v) is 3.36. The van der Waals surface area contributed by atoms with Gasteiger partial charge in [0, 0.05) is 24.4 Å². The Kier molecular flexibility index (Phi) is 2.27. The van der Waals surface area contributed by atoms with E-state index in [2.05, 4.69) is 10.1 Å².